The van der Waals surface area contributed by atoms with Gasteiger partial charge in [-0.3, -0.25) is 19.8 Å². The van der Waals surface area contributed by atoms with Crippen LogP contribution in [0.5, 0.6) is 5.75 Å². The van der Waals surface area contributed by atoms with Gasteiger partial charge in [-0.1, -0.05) is 22.9 Å². The zero-order valence-corrected chi connectivity index (χ0v) is 16.4. The minimum absolute atomic E-state index is 0.256. The maximum atomic E-state index is 12.5. The third-order valence-corrected chi connectivity index (χ3v) is 4.84. The van der Waals surface area contributed by atoms with Crippen LogP contribution >= 0.6 is 15.9 Å². The molecule has 0 unspecified atom stereocenters. The van der Waals surface area contributed by atoms with E-state index >= 15 is 0 Å². The Bertz CT molecular complexity index is 973. The Balaban J connectivity index is 2.31. The third kappa shape index (κ3) is 3.29. The van der Waals surface area contributed by atoms with Crippen molar-refractivity contribution in [1.82, 2.24) is 20.4 Å². The average molecular weight is 421 g/mol. The first-order valence-corrected chi connectivity index (χ1v) is 9.19. The number of hydrogen-bond donors (Lipinski definition) is 4. The summed E-state index contributed by atoms with van der Waals surface area (Å²) in [6, 6.07) is 5.63. The maximum absolute atomic E-state index is 12.5. The highest BCUT2D eigenvalue weighted by Crippen LogP contribution is 2.38. The summed E-state index contributed by atoms with van der Waals surface area (Å²) in [6.45, 7) is 6.19. The van der Waals surface area contributed by atoms with E-state index in [9.17, 15) is 9.59 Å². The number of ether oxygens (including phenoxy) is 1. The fourth-order valence-electron chi connectivity index (χ4n) is 3.15. The summed E-state index contributed by atoms with van der Waals surface area (Å²) in [7, 11) is 0. The molecular weight excluding hydrogens is 400 g/mol. The summed E-state index contributed by atoms with van der Waals surface area (Å²) >= 11 is 3.49. The quantitative estimate of drug-likeness (QED) is 0.492. The summed E-state index contributed by atoms with van der Waals surface area (Å²) in [5.74, 6) is 0.0874. The summed E-state index contributed by atoms with van der Waals surface area (Å²) < 4.78 is 6.76. The number of nitrogens with one attached hydrogen (secondary N) is 4. The Hall–Kier alpha value is -2.48. The molecule has 0 radical (unpaired) electrons. The first-order valence-electron chi connectivity index (χ1n) is 8.40. The first kappa shape index (κ1) is 18.3. The largest absolute Gasteiger partial charge is 0.493 e. The molecule has 26 heavy (non-hydrogen) atoms. The van der Waals surface area contributed by atoms with E-state index in [1.807, 2.05) is 25.1 Å². The van der Waals surface area contributed by atoms with E-state index in [0.717, 1.165) is 16.5 Å². The topological polar surface area (TPSA) is 107 Å². The van der Waals surface area contributed by atoms with Crippen molar-refractivity contribution < 1.29 is 4.74 Å². The highest BCUT2D eigenvalue weighted by molar-refractivity contribution is 9.10. The van der Waals surface area contributed by atoms with Gasteiger partial charge in [0.15, 0.2) is 0 Å². The van der Waals surface area contributed by atoms with Gasteiger partial charge in [0.25, 0.3) is 11.1 Å². The molecule has 7 nitrogen and oxygen atoms in total. The Labute approximate surface area is 158 Å². The van der Waals surface area contributed by atoms with Crippen molar-refractivity contribution in [3.05, 3.63) is 71.5 Å². The zero-order chi connectivity index (χ0) is 18.8. The van der Waals surface area contributed by atoms with Crippen LogP contribution in [0.4, 0.5) is 0 Å². The van der Waals surface area contributed by atoms with Crippen molar-refractivity contribution in [1.29, 1.82) is 0 Å². The number of aromatic nitrogens is 4. The number of rotatable bonds is 6. The van der Waals surface area contributed by atoms with Crippen LogP contribution in [0, 0.1) is 13.8 Å². The van der Waals surface area contributed by atoms with Crippen molar-refractivity contribution in [2.24, 2.45) is 0 Å². The summed E-state index contributed by atoms with van der Waals surface area (Å²) in [4.78, 5) is 25.0. The van der Waals surface area contributed by atoms with Crippen molar-refractivity contribution in [3.63, 3.8) is 0 Å². The molecule has 3 rings (SSSR count). The number of H-pyrrole nitrogens is 4. The lowest BCUT2D eigenvalue weighted by Gasteiger charge is -2.20. The lowest BCUT2D eigenvalue weighted by Crippen LogP contribution is -2.21. The van der Waals surface area contributed by atoms with Gasteiger partial charge >= 0.3 is 0 Å². The molecule has 138 valence electrons. The van der Waals surface area contributed by atoms with Gasteiger partial charge in [-0.05, 0) is 38.5 Å². The lowest BCUT2D eigenvalue weighted by atomic mass is 9.85. The van der Waals surface area contributed by atoms with E-state index in [4.69, 9.17) is 4.74 Å². The Morgan fingerprint density at radius 3 is 2.04 bits per heavy atom. The van der Waals surface area contributed by atoms with Crippen LogP contribution in [0.25, 0.3) is 0 Å². The van der Waals surface area contributed by atoms with Crippen molar-refractivity contribution in [3.8, 4) is 5.75 Å². The van der Waals surface area contributed by atoms with Gasteiger partial charge in [0.05, 0.1) is 23.7 Å². The molecule has 0 bridgehead atoms. The van der Waals surface area contributed by atoms with E-state index in [2.05, 4.69) is 36.3 Å². The van der Waals surface area contributed by atoms with Gasteiger partial charge in [0, 0.05) is 21.4 Å². The number of benzene rings is 1. The molecule has 0 fully saturated rings. The molecule has 0 aliphatic rings. The normalized spacial score (nSPS) is 11.3. The Morgan fingerprint density at radius 1 is 1.00 bits per heavy atom. The van der Waals surface area contributed by atoms with Crippen LogP contribution in [0.3, 0.4) is 0 Å². The van der Waals surface area contributed by atoms with Crippen LogP contribution in [-0.2, 0) is 0 Å². The molecule has 4 N–H and O–H groups in total. The van der Waals surface area contributed by atoms with Crippen LogP contribution < -0.4 is 15.9 Å². The minimum atomic E-state index is -0.565. The molecule has 2 aromatic heterocycles. The molecule has 0 saturated carbocycles. The van der Waals surface area contributed by atoms with Gasteiger partial charge in [0.1, 0.15) is 5.75 Å². The Morgan fingerprint density at radius 2 is 1.58 bits per heavy atom. The number of halogens is 1. The average Bonchev–Trinajstić information content (AvgIpc) is 3.11. The smallest absolute Gasteiger partial charge is 0.268 e. The standard InChI is InChI=1S/C18H21BrN4O3/c1-4-7-26-13-6-5-11(19)8-12(13)16(14-9(2)20-22-17(14)24)15-10(3)21-23-18(15)25/h5-6,8,16H,4,7H2,1-3H3,(H2,20,22,24)(H2,21,23,25). The third-order valence-electron chi connectivity index (χ3n) is 4.35. The van der Waals surface area contributed by atoms with Gasteiger partial charge < -0.3 is 14.9 Å². The van der Waals surface area contributed by atoms with E-state index in [1.165, 1.54) is 0 Å². The van der Waals surface area contributed by atoms with Crippen molar-refractivity contribution in [2.75, 3.05) is 6.61 Å². The van der Waals surface area contributed by atoms with Crippen LogP contribution in [0.1, 0.15) is 47.3 Å². The molecule has 0 aliphatic carbocycles. The molecule has 2 heterocycles. The molecule has 8 heteroatoms. The minimum Gasteiger partial charge on any atom is -0.493 e. The van der Waals surface area contributed by atoms with Crippen LogP contribution in [0.2, 0.25) is 0 Å². The zero-order valence-electron chi connectivity index (χ0n) is 14.8. The molecule has 0 amide bonds. The number of hydrogen-bond acceptors (Lipinski definition) is 3. The van der Waals surface area contributed by atoms with Crippen LogP contribution in [-0.4, -0.2) is 27.0 Å². The molecule has 3 aromatic rings. The van der Waals surface area contributed by atoms with Gasteiger partial charge in [-0.15, -0.1) is 0 Å². The lowest BCUT2D eigenvalue weighted by molar-refractivity contribution is 0.313. The summed E-state index contributed by atoms with van der Waals surface area (Å²) in [6.07, 6.45) is 0.855. The summed E-state index contributed by atoms with van der Waals surface area (Å²) in [5, 5.41) is 10.9. The first-order chi connectivity index (χ1) is 12.4. The van der Waals surface area contributed by atoms with Gasteiger partial charge in [-0.2, -0.15) is 0 Å². The van der Waals surface area contributed by atoms with Gasteiger partial charge in [0.2, 0.25) is 0 Å². The second-order valence-electron chi connectivity index (χ2n) is 6.20. The van der Waals surface area contributed by atoms with E-state index in [1.54, 1.807) is 13.8 Å². The highest BCUT2D eigenvalue weighted by Gasteiger charge is 2.30. The van der Waals surface area contributed by atoms with Crippen molar-refractivity contribution >= 4 is 15.9 Å². The molecule has 1 aromatic carbocycles. The van der Waals surface area contributed by atoms with E-state index in [0.29, 0.717) is 34.9 Å². The highest BCUT2D eigenvalue weighted by atomic mass is 79.9. The summed E-state index contributed by atoms with van der Waals surface area (Å²) in [5.41, 5.74) is 2.61. The molecular formula is C18H21BrN4O3. The number of aryl methyl sites for hydroxylation is 2. The monoisotopic (exact) mass is 420 g/mol. The second-order valence-corrected chi connectivity index (χ2v) is 7.11. The maximum Gasteiger partial charge on any atom is 0.268 e. The van der Waals surface area contributed by atoms with E-state index in [-0.39, 0.29) is 11.1 Å². The fraction of sp³-hybridized carbons (Fsp3) is 0.333. The van der Waals surface area contributed by atoms with Crippen molar-refractivity contribution in [2.45, 2.75) is 33.1 Å². The second kappa shape index (κ2) is 7.41. The number of aromatic amines is 4. The molecule has 0 spiro atoms. The van der Waals surface area contributed by atoms with E-state index < -0.39 is 5.92 Å². The SMILES string of the molecule is CCCOc1ccc(Br)cc1C(c1c(C)[nH][nH]c1=O)c1c(C)[nH][nH]c1=O. The molecule has 0 atom stereocenters. The fourth-order valence-corrected chi connectivity index (χ4v) is 3.53. The van der Waals surface area contributed by atoms with Gasteiger partial charge in [-0.25, -0.2) is 0 Å². The molecule has 0 aliphatic heterocycles. The predicted octanol–water partition coefficient (Wildman–Crippen LogP) is 3.07. The predicted molar refractivity (Wildman–Crippen MR) is 103 cm³/mol. The Kier molecular flexibility index (Phi) is 5.22. The van der Waals surface area contributed by atoms with Crippen LogP contribution in [0.15, 0.2) is 32.3 Å². The molecule has 0 saturated heterocycles.